The summed E-state index contributed by atoms with van der Waals surface area (Å²) in [7, 11) is 0. The van der Waals surface area contributed by atoms with E-state index in [-0.39, 0.29) is 24.1 Å². The van der Waals surface area contributed by atoms with E-state index in [9.17, 15) is 4.79 Å². The number of rotatable bonds is 4. The van der Waals surface area contributed by atoms with Crippen molar-refractivity contribution in [3.8, 4) is 5.75 Å². The summed E-state index contributed by atoms with van der Waals surface area (Å²) in [5.74, 6) is 0.526. The maximum Gasteiger partial charge on any atom is 0.258 e. The summed E-state index contributed by atoms with van der Waals surface area (Å²) >= 11 is 0. The number of benzene rings is 1. The Balaban J connectivity index is 2.61. The van der Waals surface area contributed by atoms with E-state index in [1.807, 2.05) is 52.0 Å². The number of carbonyl (C=O) groups excluding carboxylic acids is 1. The molecule has 0 heterocycles. The molecule has 100 valence electrons. The highest BCUT2D eigenvalue weighted by molar-refractivity contribution is 5.78. The Morgan fingerprint density at radius 2 is 2.00 bits per heavy atom. The number of amides is 1. The summed E-state index contributed by atoms with van der Waals surface area (Å²) in [5.41, 5.74) is 6.50. The Kier molecular flexibility index (Phi) is 4.73. The van der Waals surface area contributed by atoms with Crippen LogP contribution in [-0.2, 0) is 4.79 Å². The molecule has 18 heavy (non-hydrogen) atoms. The standard InChI is InChI=1S/C14H22N2O2/c1-10(15)11-7-5-6-8-12(11)18-9-13(17)16-14(2,3)4/h5-8,10H,9,15H2,1-4H3,(H,16,17). The molecule has 1 atom stereocenters. The van der Waals surface area contributed by atoms with E-state index in [0.717, 1.165) is 5.56 Å². The number of ether oxygens (including phenoxy) is 1. The van der Waals surface area contributed by atoms with Crippen LogP contribution in [0.2, 0.25) is 0 Å². The van der Waals surface area contributed by atoms with Crippen molar-refractivity contribution >= 4 is 5.91 Å². The molecule has 1 unspecified atom stereocenters. The molecule has 0 radical (unpaired) electrons. The Morgan fingerprint density at radius 3 is 2.56 bits per heavy atom. The van der Waals surface area contributed by atoms with E-state index in [2.05, 4.69) is 5.32 Å². The second kappa shape index (κ2) is 5.87. The number of nitrogens with two attached hydrogens (primary N) is 1. The highest BCUT2D eigenvalue weighted by Gasteiger charge is 2.15. The second-order valence-electron chi connectivity index (χ2n) is 5.41. The van der Waals surface area contributed by atoms with Gasteiger partial charge < -0.3 is 15.8 Å². The lowest BCUT2D eigenvalue weighted by Gasteiger charge is -2.21. The third-order valence-electron chi connectivity index (χ3n) is 2.28. The fourth-order valence-corrected chi connectivity index (χ4v) is 1.59. The smallest absolute Gasteiger partial charge is 0.258 e. The third kappa shape index (κ3) is 4.75. The van der Waals surface area contributed by atoms with Crippen LogP contribution in [0.4, 0.5) is 0 Å². The van der Waals surface area contributed by atoms with Crippen molar-refractivity contribution in [2.45, 2.75) is 39.3 Å². The Morgan fingerprint density at radius 1 is 1.39 bits per heavy atom. The zero-order valence-corrected chi connectivity index (χ0v) is 11.5. The first kappa shape index (κ1) is 14.5. The highest BCUT2D eigenvalue weighted by atomic mass is 16.5. The second-order valence-corrected chi connectivity index (χ2v) is 5.41. The molecule has 0 aliphatic heterocycles. The molecule has 0 saturated carbocycles. The molecule has 1 amide bonds. The number of hydrogen-bond donors (Lipinski definition) is 2. The van der Waals surface area contributed by atoms with Gasteiger partial charge in [0.05, 0.1) is 0 Å². The van der Waals surface area contributed by atoms with Gasteiger partial charge in [0.15, 0.2) is 6.61 Å². The molecule has 0 aliphatic rings. The van der Waals surface area contributed by atoms with Crippen molar-refractivity contribution < 1.29 is 9.53 Å². The fraction of sp³-hybridized carbons (Fsp3) is 0.500. The zero-order chi connectivity index (χ0) is 13.8. The minimum atomic E-state index is -0.249. The van der Waals surface area contributed by atoms with Crippen molar-refractivity contribution in [2.24, 2.45) is 5.73 Å². The van der Waals surface area contributed by atoms with Crippen LogP contribution in [0.25, 0.3) is 0 Å². The molecule has 1 rings (SSSR count). The monoisotopic (exact) mass is 250 g/mol. The maximum absolute atomic E-state index is 11.6. The van der Waals surface area contributed by atoms with Crippen LogP contribution < -0.4 is 15.8 Å². The Hall–Kier alpha value is -1.55. The predicted molar refractivity (Wildman–Crippen MR) is 72.4 cm³/mol. The van der Waals surface area contributed by atoms with E-state index in [1.54, 1.807) is 0 Å². The van der Waals surface area contributed by atoms with E-state index >= 15 is 0 Å². The number of para-hydroxylation sites is 1. The van der Waals surface area contributed by atoms with E-state index in [1.165, 1.54) is 0 Å². The molecule has 4 heteroatoms. The topological polar surface area (TPSA) is 64.3 Å². The Bertz CT molecular complexity index is 409. The van der Waals surface area contributed by atoms with Gasteiger partial charge in [-0.1, -0.05) is 18.2 Å². The summed E-state index contributed by atoms with van der Waals surface area (Å²) in [6, 6.07) is 7.38. The molecule has 0 saturated heterocycles. The van der Waals surface area contributed by atoms with Gasteiger partial charge >= 0.3 is 0 Å². The van der Waals surface area contributed by atoms with Crippen molar-refractivity contribution in [3.63, 3.8) is 0 Å². The summed E-state index contributed by atoms with van der Waals surface area (Å²) in [6.07, 6.45) is 0. The van der Waals surface area contributed by atoms with Crippen LogP contribution >= 0.6 is 0 Å². The summed E-state index contributed by atoms with van der Waals surface area (Å²) in [5, 5.41) is 2.84. The normalized spacial score (nSPS) is 12.9. The first-order valence-corrected chi connectivity index (χ1v) is 6.08. The van der Waals surface area contributed by atoms with Gasteiger partial charge in [-0.3, -0.25) is 4.79 Å². The van der Waals surface area contributed by atoms with E-state index in [0.29, 0.717) is 5.75 Å². The molecule has 1 aromatic rings. The minimum absolute atomic E-state index is 0.000995. The van der Waals surface area contributed by atoms with Gasteiger partial charge in [0, 0.05) is 17.1 Å². The molecule has 0 fully saturated rings. The SMILES string of the molecule is CC(N)c1ccccc1OCC(=O)NC(C)(C)C. The molecule has 0 aliphatic carbocycles. The van der Waals surface area contributed by atoms with Crippen molar-refractivity contribution in [1.29, 1.82) is 0 Å². The number of carbonyl (C=O) groups is 1. The van der Waals surface area contributed by atoms with Crippen LogP contribution in [0.1, 0.15) is 39.3 Å². The minimum Gasteiger partial charge on any atom is -0.483 e. The molecule has 0 bridgehead atoms. The van der Waals surface area contributed by atoms with Gasteiger partial charge in [-0.05, 0) is 33.8 Å². The molecule has 0 spiro atoms. The van der Waals surface area contributed by atoms with Crippen molar-refractivity contribution in [2.75, 3.05) is 6.61 Å². The van der Waals surface area contributed by atoms with Crippen LogP contribution in [-0.4, -0.2) is 18.1 Å². The van der Waals surface area contributed by atoms with Gasteiger partial charge in [-0.25, -0.2) is 0 Å². The summed E-state index contributed by atoms with van der Waals surface area (Å²) in [4.78, 5) is 11.6. The Labute approximate surface area is 109 Å². The summed E-state index contributed by atoms with van der Waals surface area (Å²) < 4.78 is 5.51. The first-order valence-electron chi connectivity index (χ1n) is 6.08. The third-order valence-corrected chi connectivity index (χ3v) is 2.28. The molecule has 4 nitrogen and oxygen atoms in total. The van der Waals surface area contributed by atoms with Crippen molar-refractivity contribution in [1.82, 2.24) is 5.32 Å². The van der Waals surface area contributed by atoms with Gasteiger partial charge in [0.2, 0.25) is 0 Å². The van der Waals surface area contributed by atoms with Crippen molar-refractivity contribution in [3.05, 3.63) is 29.8 Å². The lowest BCUT2D eigenvalue weighted by molar-refractivity contribution is -0.124. The van der Waals surface area contributed by atoms with Gasteiger partial charge in [-0.15, -0.1) is 0 Å². The summed E-state index contributed by atoms with van der Waals surface area (Å²) in [6.45, 7) is 7.68. The molecular formula is C14H22N2O2. The van der Waals surface area contributed by atoms with Gasteiger partial charge in [0.1, 0.15) is 5.75 Å². The molecule has 3 N–H and O–H groups in total. The lowest BCUT2D eigenvalue weighted by Crippen LogP contribution is -2.43. The zero-order valence-electron chi connectivity index (χ0n) is 11.5. The van der Waals surface area contributed by atoms with Crippen LogP contribution in [0.5, 0.6) is 5.75 Å². The van der Waals surface area contributed by atoms with Gasteiger partial charge in [-0.2, -0.15) is 0 Å². The van der Waals surface area contributed by atoms with Crippen LogP contribution in [0.3, 0.4) is 0 Å². The molecule has 0 aromatic heterocycles. The number of hydrogen-bond acceptors (Lipinski definition) is 3. The predicted octanol–water partition coefficient (Wildman–Crippen LogP) is 2.00. The molecule has 1 aromatic carbocycles. The fourth-order valence-electron chi connectivity index (χ4n) is 1.59. The lowest BCUT2D eigenvalue weighted by atomic mass is 10.1. The average molecular weight is 250 g/mol. The average Bonchev–Trinajstić information content (AvgIpc) is 2.24. The molecular weight excluding hydrogens is 228 g/mol. The highest BCUT2D eigenvalue weighted by Crippen LogP contribution is 2.22. The van der Waals surface area contributed by atoms with Gasteiger partial charge in [0.25, 0.3) is 5.91 Å². The quantitative estimate of drug-likeness (QED) is 0.859. The first-order chi connectivity index (χ1) is 8.29. The van der Waals surface area contributed by atoms with Crippen LogP contribution in [0.15, 0.2) is 24.3 Å². The van der Waals surface area contributed by atoms with E-state index < -0.39 is 0 Å². The van der Waals surface area contributed by atoms with E-state index in [4.69, 9.17) is 10.5 Å². The van der Waals surface area contributed by atoms with Crippen LogP contribution in [0, 0.1) is 0 Å². The largest absolute Gasteiger partial charge is 0.483 e. The maximum atomic E-state index is 11.6. The number of nitrogens with one attached hydrogen (secondary N) is 1.